The zero-order valence-corrected chi connectivity index (χ0v) is 10.2. The van der Waals surface area contributed by atoms with E-state index in [4.69, 9.17) is 10.8 Å². The Hall–Kier alpha value is -1.14. The molecule has 0 saturated carbocycles. The number of nitrogens with zero attached hydrogens (tertiary/aromatic N) is 1. The zero-order chi connectivity index (χ0) is 13.2. The lowest BCUT2D eigenvalue weighted by Crippen LogP contribution is -2.50. The number of amides is 1. The molecule has 0 aliphatic carbocycles. The molecule has 4 atom stereocenters. The maximum atomic E-state index is 12.0. The average Bonchev–Trinajstić information content (AvgIpc) is 2.68. The van der Waals surface area contributed by atoms with Crippen LogP contribution in [-0.2, 0) is 9.59 Å². The molecule has 4 N–H and O–H groups in total. The van der Waals surface area contributed by atoms with Crippen molar-refractivity contribution in [2.24, 2.45) is 11.7 Å². The second-order valence-electron chi connectivity index (χ2n) is 4.65. The molecule has 6 heteroatoms. The van der Waals surface area contributed by atoms with Gasteiger partial charge in [-0.1, -0.05) is 20.3 Å². The van der Waals surface area contributed by atoms with Crippen LogP contribution in [0.15, 0.2) is 0 Å². The summed E-state index contributed by atoms with van der Waals surface area (Å²) in [6.45, 7) is 3.83. The van der Waals surface area contributed by atoms with E-state index >= 15 is 0 Å². The van der Waals surface area contributed by atoms with Crippen LogP contribution >= 0.6 is 0 Å². The highest BCUT2D eigenvalue weighted by atomic mass is 16.4. The Morgan fingerprint density at radius 1 is 1.53 bits per heavy atom. The first-order valence-corrected chi connectivity index (χ1v) is 5.85. The highest BCUT2D eigenvalue weighted by Crippen LogP contribution is 2.20. The number of hydrogen-bond acceptors (Lipinski definition) is 4. The smallest absolute Gasteiger partial charge is 0.326 e. The molecule has 0 aromatic heterocycles. The van der Waals surface area contributed by atoms with Gasteiger partial charge < -0.3 is 20.8 Å². The van der Waals surface area contributed by atoms with Crippen LogP contribution < -0.4 is 5.73 Å². The van der Waals surface area contributed by atoms with Crippen molar-refractivity contribution in [1.29, 1.82) is 0 Å². The molecule has 0 aromatic rings. The lowest BCUT2D eigenvalue weighted by molar-refractivity contribution is -0.149. The monoisotopic (exact) mass is 244 g/mol. The van der Waals surface area contributed by atoms with Crippen LogP contribution in [0.3, 0.4) is 0 Å². The second-order valence-corrected chi connectivity index (χ2v) is 4.65. The molecule has 1 heterocycles. The number of likely N-dealkylation sites (tertiary alicyclic amines) is 1. The molecule has 1 aliphatic rings. The number of β-amino-alcohol motifs (C(OH)–C–C–N with tert-alkyl or cyclic N) is 1. The third-order valence-electron chi connectivity index (χ3n) is 3.39. The van der Waals surface area contributed by atoms with E-state index in [0.717, 1.165) is 6.42 Å². The first-order chi connectivity index (χ1) is 7.88. The van der Waals surface area contributed by atoms with E-state index in [-0.39, 0.29) is 24.8 Å². The number of nitrogens with two attached hydrogens (primary N) is 1. The van der Waals surface area contributed by atoms with Gasteiger partial charge in [0.1, 0.15) is 6.04 Å². The van der Waals surface area contributed by atoms with E-state index in [1.807, 2.05) is 13.8 Å². The normalized spacial score (nSPS) is 27.9. The van der Waals surface area contributed by atoms with Crippen LogP contribution in [0.4, 0.5) is 0 Å². The number of hydrogen-bond donors (Lipinski definition) is 3. The van der Waals surface area contributed by atoms with Gasteiger partial charge in [0.25, 0.3) is 0 Å². The number of aliphatic hydroxyl groups is 1. The van der Waals surface area contributed by atoms with Gasteiger partial charge in [0.05, 0.1) is 12.1 Å². The van der Waals surface area contributed by atoms with Crippen molar-refractivity contribution in [3.8, 4) is 0 Å². The third kappa shape index (κ3) is 2.95. The van der Waals surface area contributed by atoms with Gasteiger partial charge in [0.15, 0.2) is 0 Å². The maximum Gasteiger partial charge on any atom is 0.326 e. The Bertz CT molecular complexity index is 308. The number of carbonyl (C=O) groups is 2. The van der Waals surface area contributed by atoms with Gasteiger partial charge in [-0.15, -0.1) is 0 Å². The van der Waals surface area contributed by atoms with Crippen molar-refractivity contribution < 1.29 is 19.8 Å². The Morgan fingerprint density at radius 2 is 2.12 bits per heavy atom. The molecule has 1 saturated heterocycles. The summed E-state index contributed by atoms with van der Waals surface area (Å²) in [6.07, 6.45) is 0.0548. The summed E-state index contributed by atoms with van der Waals surface area (Å²) in [5, 5.41) is 18.4. The van der Waals surface area contributed by atoms with Crippen LogP contribution in [0.1, 0.15) is 26.7 Å². The van der Waals surface area contributed by atoms with Crippen LogP contribution in [0.5, 0.6) is 0 Å². The Labute approximate surface area is 100 Å². The Balaban J connectivity index is 2.77. The summed E-state index contributed by atoms with van der Waals surface area (Å²) >= 11 is 0. The summed E-state index contributed by atoms with van der Waals surface area (Å²) in [7, 11) is 0. The van der Waals surface area contributed by atoms with Crippen molar-refractivity contribution in [1.82, 2.24) is 4.90 Å². The summed E-state index contributed by atoms with van der Waals surface area (Å²) in [5.41, 5.74) is 5.79. The molecule has 1 aliphatic heterocycles. The molecule has 0 spiro atoms. The first kappa shape index (κ1) is 13.9. The van der Waals surface area contributed by atoms with E-state index in [0.29, 0.717) is 0 Å². The van der Waals surface area contributed by atoms with Gasteiger partial charge in [-0.3, -0.25) is 4.79 Å². The lowest BCUT2D eigenvalue weighted by Gasteiger charge is -2.27. The lowest BCUT2D eigenvalue weighted by atomic mass is 9.98. The SMILES string of the molecule is CC[C@@H](C)[C@@H](N)C(=O)N1C[C@H](O)C[C@H]1C(=O)O. The third-order valence-corrected chi connectivity index (χ3v) is 3.39. The molecule has 0 aromatic carbocycles. The largest absolute Gasteiger partial charge is 0.480 e. The van der Waals surface area contributed by atoms with E-state index in [1.165, 1.54) is 4.90 Å². The highest BCUT2D eigenvalue weighted by Gasteiger charge is 2.41. The summed E-state index contributed by atoms with van der Waals surface area (Å²) in [4.78, 5) is 24.2. The van der Waals surface area contributed by atoms with Crippen LogP contribution in [0.25, 0.3) is 0 Å². The number of carbonyl (C=O) groups excluding carboxylic acids is 1. The topological polar surface area (TPSA) is 104 Å². The van der Waals surface area contributed by atoms with Crippen molar-refractivity contribution >= 4 is 11.9 Å². The van der Waals surface area contributed by atoms with Crippen molar-refractivity contribution in [2.75, 3.05) is 6.54 Å². The fraction of sp³-hybridized carbons (Fsp3) is 0.818. The van der Waals surface area contributed by atoms with Crippen LogP contribution in [0.2, 0.25) is 0 Å². The van der Waals surface area contributed by atoms with Gasteiger partial charge in [0.2, 0.25) is 5.91 Å². The molecule has 98 valence electrons. The number of aliphatic hydroxyl groups excluding tert-OH is 1. The van der Waals surface area contributed by atoms with Gasteiger partial charge in [-0.2, -0.15) is 0 Å². The molecule has 0 radical (unpaired) electrons. The van der Waals surface area contributed by atoms with E-state index in [2.05, 4.69) is 0 Å². The Kier molecular flexibility index (Phi) is 4.47. The molecule has 17 heavy (non-hydrogen) atoms. The molecule has 1 fully saturated rings. The van der Waals surface area contributed by atoms with Gasteiger partial charge in [-0.05, 0) is 5.92 Å². The highest BCUT2D eigenvalue weighted by molar-refractivity contribution is 5.87. The molecule has 1 rings (SSSR count). The fourth-order valence-corrected chi connectivity index (χ4v) is 1.98. The fourth-order valence-electron chi connectivity index (χ4n) is 1.98. The molecule has 1 amide bonds. The molecular formula is C11H20N2O4. The molecule has 0 bridgehead atoms. The van der Waals surface area contributed by atoms with Crippen molar-refractivity contribution in [2.45, 2.75) is 44.9 Å². The van der Waals surface area contributed by atoms with Crippen LogP contribution in [0, 0.1) is 5.92 Å². The number of rotatable bonds is 4. The number of carboxylic acid groups (broad SMARTS) is 1. The minimum atomic E-state index is -1.09. The average molecular weight is 244 g/mol. The second kappa shape index (κ2) is 5.46. The first-order valence-electron chi connectivity index (χ1n) is 5.85. The van der Waals surface area contributed by atoms with Gasteiger partial charge >= 0.3 is 5.97 Å². The van der Waals surface area contributed by atoms with Gasteiger partial charge in [0, 0.05) is 13.0 Å². The zero-order valence-electron chi connectivity index (χ0n) is 10.2. The van der Waals surface area contributed by atoms with Crippen molar-refractivity contribution in [3.05, 3.63) is 0 Å². The molecule has 0 unspecified atom stereocenters. The predicted molar refractivity (Wildman–Crippen MR) is 61.2 cm³/mol. The van der Waals surface area contributed by atoms with Crippen LogP contribution in [-0.4, -0.2) is 51.7 Å². The van der Waals surface area contributed by atoms with Crippen molar-refractivity contribution in [3.63, 3.8) is 0 Å². The van der Waals surface area contributed by atoms with E-state index in [9.17, 15) is 14.7 Å². The Morgan fingerprint density at radius 3 is 2.59 bits per heavy atom. The standard InChI is InChI=1S/C11H20N2O4/c1-3-6(2)9(12)10(15)13-5-7(14)4-8(13)11(16)17/h6-9,14H,3-5,12H2,1-2H3,(H,16,17)/t6-,7-,8+,9-/m1/s1. The summed E-state index contributed by atoms with van der Waals surface area (Å²) < 4.78 is 0. The quantitative estimate of drug-likeness (QED) is 0.613. The number of aliphatic carboxylic acids is 1. The molecule has 6 nitrogen and oxygen atoms in total. The number of carboxylic acids is 1. The van der Waals surface area contributed by atoms with E-state index in [1.54, 1.807) is 0 Å². The summed E-state index contributed by atoms with van der Waals surface area (Å²) in [6, 6.07) is -1.65. The molecular weight excluding hydrogens is 224 g/mol. The minimum Gasteiger partial charge on any atom is -0.480 e. The predicted octanol–water partition coefficient (Wildman–Crippen LogP) is -0.594. The van der Waals surface area contributed by atoms with Gasteiger partial charge in [-0.25, -0.2) is 4.79 Å². The summed E-state index contributed by atoms with van der Waals surface area (Å²) in [5.74, 6) is -1.48. The maximum absolute atomic E-state index is 12.0. The van der Waals surface area contributed by atoms with E-state index < -0.39 is 24.2 Å². The minimum absolute atomic E-state index is 0.00492.